The maximum absolute atomic E-state index is 13.1. The Morgan fingerprint density at radius 2 is 1.96 bits per heavy atom. The fourth-order valence-corrected chi connectivity index (χ4v) is 3.12. The molecule has 1 aromatic rings. The zero-order chi connectivity index (χ0) is 16.8. The van der Waals surface area contributed by atoms with Crippen LogP contribution in [0, 0.1) is 0 Å². The Morgan fingerprint density at radius 3 is 2.52 bits per heavy atom. The Balaban J connectivity index is 2.05. The van der Waals surface area contributed by atoms with Crippen LogP contribution >= 0.6 is 11.6 Å². The van der Waals surface area contributed by atoms with E-state index in [-0.39, 0.29) is 11.3 Å². The minimum absolute atomic E-state index is 0.0105. The molecule has 1 aromatic carbocycles. The van der Waals surface area contributed by atoms with Crippen molar-refractivity contribution in [3.8, 4) is 5.75 Å². The van der Waals surface area contributed by atoms with Crippen molar-refractivity contribution in [1.82, 2.24) is 0 Å². The molecule has 3 rings (SSSR count). The number of halogens is 4. The first-order valence-corrected chi connectivity index (χ1v) is 7.42. The van der Waals surface area contributed by atoms with Gasteiger partial charge in [-0.2, -0.15) is 13.2 Å². The maximum Gasteiger partial charge on any atom is 0.430 e. The van der Waals surface area contributed by atoms with Crippen LogP contribution in [0.4, 0.5) is 18.9 Å². The number of alkyl halides is 3. The van der Waals surface area contributed by atoms with Gasteiger partial charge < -0.3 is 14.7 Å². The van der Waals surface area contributed by atoms with E-state index in [0.29, 0.717) is 10.7 Å². The highest BCUT2D eigenvalue weighted by atomic mass is 35.5. The Kier molecular flexibility index (Phi) is 3.91. The summed E-state index contributed by atoms with van der Waals surface area (Å²) in [5, 5.41) is 9.37. The van der Waals surface area contributed by atoms with Crippen LogP contribution < -0.4 is 9.64 Å². The van der Waals surface area contributed by atoms with E-state index in [1.54, 1.807) is 0 Å². The van der Waals surface area contributed by atoms with Crippen molar-refractivity contribution in [3.05, 3.63) is 28.3 Å². The zero-order valence-corrected chi connectivity index (χ0v) is 12.6. The lowest BCUT2D eigenvalue weighted by molar-refractivity contribution is -0.187. The molecule has 1 saturated heterocycles. The van der Waals surface area contributed by atoms with Crippen molar-refractivity contribution >= 4 is 29.3 Å². The second kappa shape index (κ2) is 5.63. The molecule has 4 nitrogen and oxygen atoms in total. The summed E-state index contributed by atoms with van der Waals surface area (Å²) in [6, 6.07) is 2.90. The van der Waals surface area contributed by atoms with Crippen molar-refractivity contribution in [3.63, 3.8) is 0 Å². The number of rotatable bonds is 2. The molecule has 0 aliphatic carbocycles. The van der Waals surface area contributed by atoms with Crippen LogP contribution in [-0.4, -0.2) is 36.4 Å². The third-order valence-corrected chi connectivity index (χ3v) is 4.21. The van der Waals surface area contributed by atoms with E-state index in [2.05, 4.69) is 0 Å². The molecule has 0 radical (unpaired) electrons. The van der Waals surface area contributed by atoms with Gasteiger partial charge in [-0.25, -0.2) is 4.79 Å². The van der Waals surface area contributed by atoms with E-state index in [4.69, 9.17) is 21.4 Å². The molecule has 2 aliphatic rings. The third-order valence-electron chi connectivity index (χ3n) is 3.91. The standard InChI is InChI=1S/C15H13ClF3NO3/c16-10-6-8-5-9(14(21)22)13(15(17,18)19)23-12(8)7-11(10)20-3-1-2-4-20/h5-7,13H,1-4H2,(H,21,22). The molecule has 124 valence electrons. The monoisotopic (exact) mass is 347 g/mol. The van der Waals surface area contributed by atoms with Gasteiger partial charge in [0.25, 0.3) is 0 Å². The fraction of sp³-hybridized carbons (Fsp3) is 0.400. The first-order chi connectivity index (χ1) is 10.8. The number of carboxylic acids is 1. The lowest BCUT2D eigenvalue weighted by Gasteiger charge is -2.29. The highest BCUT2D eigenvalue weighted by Gasteiger charge is 2.48. The third kappa shape index (κ3) is 2.97. The summed E-state index contributed by atoms with van der Waals surface area (Å²) >= 11 is 6.20. The van der Waals surface area contributed by atoms with E-state index >= 15 is 0 Å². The molecule has 1 atom stereocenters. The second-order valence-electron chi connectivity index (χ2n) is 5.48. The number of ether oxygens (including phenoxy) is 1. The van der Waals surface area contributed by atoms with E-state index in [1.807, 2.05) is 4.90 Å². The molecule has 1 fully saturated rings. The van der Waals surface area contributed by atoms with Gasteiger partial charge in [0.1, 0.15) is 5.75 Å². The average molecular weight is 348 g/mol. The Morgan fingerprint density at radius 1 is 1.30 bits per heavy atom. The van der Waals surface area contributed by atoms with Crippen LogP contribution in [0.3, 0.4) is 0 Å². The smallest absolute Gasteiger partial charge is 0.430 e. The number of carboxylic acid groups (broad SMARTS) is 1. The van der Waals surface area contributed by atoms with E-state index in [9.17, 15) is 18.0 Å². The van der Waals surface area contributed by atoms with Crippen molar-refractivity contribution < 1.29 is 27.8 Å². The Bertz CT molecular complexity index is 681. The minimum atomic E-state index is -4.81. The first kappa shape index (κ1) is 16.0. The topological polar surface area (TPSA) is 49.8 Å². The number of benzene rings is 1. The number of hydrogen-bond donors (Lipinski definition) is 1. The predicted molar refractivity (Wildman–Crippen MR) is 79.0 cm³/mol. The summed E-state index contributed by atoms with van der Waals surface area (Å²) in [4.78, 5) is 13.1. The number of fused-ring (bicyclic) bond motifs is 1. The van der Waals surface area contributed by atoms with Gasteiger partial charge in [0.05, 0.1) is 16.3 Å². The summed E-state index contributed by atoms with van der Waals surface area (Å²) in [6.45, 7) is 1.55. The van der Waals surface area contributed by atoms with Gasteiger partial charge >= 0.3 is 12.1 Å². The summed E-state index contributed by atoms with van der Waals surface area (Å²) in [5.41, 5.74) is -0.0122. The Labute approximate surface area is 135 Å². The highest BCUT2D eigenvalue weighted by molar-refractivity contribution is 6.33. The summed E-state index contributed by atoms with van der Waals surface area (Å²) in [7, 11) is 0. The van der Waals surface area contributed by atoms with Crippen molar-refractivity contribution in [2.75, 3.05) is 18.0 Å². The van der Waals surface area contributed by atoms with Gasteiger partial charge in [0, 0.05) is 24.7 Å². The molecule has 1 unspecified atom stereocenters. The molecular weight excluding hydrogens is 335 g/mol. The second-order valence-corrected chi connectivity index (χ2v) is 5.89. The molecule has 8 heteroatoms. The average Bonchev–Trinajstić information content (AvgIpc) is 2.98. The zero-order valence-electron chi connectivity index (χ0n) is 11.9. The minimum Gasteiger partial charge on any atom is -0.478 e. The lowest BCUT2D eigenvalue weighted by Crippen LogP contribution is -2.40. The quantitative estimate of drug-likeness (QED) is 0.885. The molecule has 23 heavy (non-hydrogen) atoms. The van der Waals surface area contributed by atoms with Crippen LogP contribution in [0.25, 0.3) is 6.08 Å². The van der Waals surface area contributed by atoms with Gasteiger partial charge in [-0.15, -0.1) is 0 Å². The number of aliphatic carboxylic acids is 1. The normalized spacial score (nSPS) is 20.8. The molecule has 0 amide bonds. The summed E-state index contributed by atoms with van der Waals surface area (Å²) in [6.07, 6.45) is -4.35. The number of nitrogens with zero attached hydrogens (tertiary/aromatic N) is 1. The largest absolute Gasteiger partial charge is 0.478 e. The van der Waals surface area contributed by atoms with E-state index in [0.717, 1.165) is 32.0 Å². The number of hydrogen-bond acceptors (Lipinski definition) is 3. The van der Waals surface area contributed by atoms with Crippen LogP contribution in [0.1, 0.15) is 18.4 Å². The molecule has 0 aromatic heterocycles. The summed E-state index contributed by atoms with van der Waals surface area (Å²) < 4.78 is 44.1. The van der Waals surface area contributed by atoms with Gasteiger partial charge in [0.2, 0.25) is 6.10 Å². The number of carbonyl (C=O) groups is 1. The highest BCUT2D eigenvalue weighted by Crippen LogP contribution is 2.42. The van der Waals surface area contributed by atoms with Crippen molar-refractivity contribution in [2.24, 2.45) is 0 Å². The molecule has 2 aliphatic heterocycles. The van der Waals surface area contributed by atoms with Gasteiger partial charge in [0.15, 0.2) is 0 Å². The first-order valence-electron chi connectivity index (χ1n) is 7.04. The number of anilines is 1. The van der Waals surface area contributed by atoms with Crippen LogP contribution in [0.2, 0.25) is 5.02 Å². The van der Waals surface area contributed by atoms with Gasteiger partial charge in [-0.3, -0.25) is 0 Å². The van der Waals surface area contributed by atoms with Crippen LogP contribution in [-0.2, 0) is 4.79 Å². The van der Waals surface area contributed by atoms with Crippen LogP contribution in [0.5, 0.6) is 5.75 Å². The Hall–Kier alpha value is -1.89. The molecule has 0 bridgehead atoms. The van der Waals surface area contributed by atoms with Crippen LogP contribution in [0.15, 0.2) is 17.7 Å². The van der Waals surface area contributed by atoms with E-state index < -0.39 is 23.8 Å². The molecule has 0 spiro atoms. The SMILES string of the molecule is O=C(O)C1=Cc2cc(Cl)c(N3CCCC3)cc2OC1C(F)(F)F. The molecular formula is C15H13ClF3NO3. The summed E-state index contributed by atoms with van der Waals surface area (Å²) in [5.74, 6) is -1.68. The molecule has 2 heterocycles. The fourth-order valence-electron chi connectivity index (χ4n) is 2.82. The maximum atomic E-state index is 13.1. The predicted octanol–water partition coefficient (Wildman–Crippen LogP) is 3.73. The van der Waals surface area contributed by atoms with Crippen molar-refractivity contribution in [1.29, 1.82) is 0 Å². The van der Waals surface area contributed by atoms with E-state index in [1.165, 1.54) is 12.1 Å². The van der Waals surface area contributed by atoms with Gasteiger partial charge in [-0.05, 0) is 25.0 Å². The van der Waals surface area contributed by atoms with Crippen molar-refractivity contribution in [2.45, 2.75) is 25.1 Å². The van der Waals surface area contributed by atoms with Gasteiger partial charge in [-0.1, -0.05) is 11.6 Å². The molecule has 0 saturated carbocycles. The molecule has 1 N–H and O–H groups in total. The lowest BCUT2D eigenvalue weighted by atomic mass is 10.0.